The molecule has 72 heavy (non-hydrogen) atoms. The average Bonchev–Trinajstić information content (AvgIpc) is 4.13. The summed E-state index contributed by atoms with van der Waals surface area (Å²) in [5, 5.41) is 73.9. The predicted molar refractivity (Wildman–Crippen MR) is 274 cm³/mol. The number of carboxylic acids is 1. The first-order chi connectivity index (χ1) is 33.6. The van der Waals surface area contributed by atoms with Crippen molar-refractivity contribution in [1.29, 1.82) is 0 Å². The molecule has 0 aromatic carbocycles. The molecule has 0 amide bonds. The maximum absolute atomic E-state index is 12.5. The molecule has 10 saturated carbocycles. The van der Waals surface area contributed by atoms with Gasteiger partial charge in [-0.05, 0) is 240 Å². The first-order valence-corrected chi connectivity index (χ1v) is 28.6. The summed E-state index contributed by atoms with van der Waals surface area (Å²) in [6.07, 6.45) is 15.5. The van der Waals surface area contributed by atoms with Crippen LogP contribution in [0, 0.1) is 96.1 Å². The molecule has 10 rings (SSSR count). The number of aliphatic hydroxyl groups excluding tert-OH is 4. The van der Waals surface area contributed by atoms with E-state index in [1.165, 1.54) is 19.3 Å². The van der Waals surface area contributed by atoms with Crippen molar-refractivity contribution in [1.82, 2.24) is 0 Å². The highest BCUT2D eigenvalue weighted by atomic mass is 17.1. The minimum Gasteiger partial charge on any atom is -0.481 e. The number of carbonyl (C=O) groups excluding carboxylic acids is 1. The van der Waals surface area contributed by atoms with E-state index in [9.17, 15) is 45.6 Å². The Balaban J connectivity index is 0.000000178. The summed E-state index contributed by atoms with van der Waals surface area (Å²) in [5.41, 5.74) is -0.0247. The Morgan fingerprint density at radius 1 is 0.597 bits per heavy atom. The van der Waals surface area contributed by atoms with Gasteiger partial charge in [0.15, 0.2) is 0 Å². The van der Waals surface area contributed by atoms with Crippen LogP contribution in [-0.4, -0.2) is 90.7 Å². The number of aliphatic carboxylic acids is 1. The molecule has 10 fully saturated rings. The smallest absolute Gasteiger partial charge is 0.312 e. The maximum Gasteiger partial charge on any atom is 0.312 e. The van der Waals surface area contributed by atoms with E-state index in [2.05, 4.69) is 64.5 Å². The van der Waals surface area contributed by atoms with Crippen molar-refractivity contribution in [2.75, 3.05) is 0 Å². The second kappa shape index (κ2) is 18.1. The normalized spacial score (nSPS) is 52.8. The van der Waals surface area contributed by atoms with Crippen molar-refractivity contribution in [2.45, 2.75) is 240 Å². The monoisotopic (exact) mass is 1010 g/mol. The summed E-state index contributed by atoms with van der Waals surface area (Å²) in [7, 11) is 0. The molecule has 7 N–H and O–H groups in total. The number of rotatable bonds is 15. The summed E-state index contributed by atoms with van der Waals surface area (Å²) >= 11 is 0. The average molecular weight is 1010 g/mol. The lowest BCUT2D eigenvalue weighted by Gasteiger charge is -2.64. The number of fused-ring (bicyclic) bond motifs is 4. The first-order valence-electron chi connectivity index (χ1n) is 28.6. The van der Waals surface area contributed by atoms with Gasteiger partial charge in [-0.1, -0.05) is 54.7 Å². The van der Waals surface area contributed by atoms with Crippen LogP contribution in [-0.2, 0) is 24.1 Å². The molecule has 10 aliphatic carbocycles. The van der Waals surface area contributed by atoms with Crippen molar-refractivity contribution < 1.29 is 60.1 Å². The molecule has 12 heteroatoms. The van der Waals surface area contributed by atoms with E-state index in [0.29, 0.717) is 48.9 Å². The lowest BCUT2D eigenvalue weighted by molar-refractivity contribution is -0.270. The topological polar surface area (TPSA) is 203 Å². The zero-order valence-electron chi connectivity index (χ0n) is 45.9. The molecule has 0 saturated heterocycles. The van der Waals surface area contributed by atoms with Crippen LogP contribution in [0.15, 0.2) is 24.3 Å². The van der Waals surface area contributed by atoms with Crippen LogP contribution in [0.25, 0.3) is 0 Å². The molecule has 4 spiro atoms. The van der Waals surface area contributed by atoms with Gasteiger partial charge in [0, 0.05) is 17.8 Å². The molecule has 1 unspecified atom stereocenters. The Labute approximate surface area is 431 Å². The van der Waals surface area contributed by atoms with Crippen LogP contribution < -0.4 is 0 Å². The van der Waals surface area contributed by atoms with Crippen LogP contribution in [0.4, 0.5) is 0 Å². The third-order valence-electron chi connectivity index (χ3n) is 26.8. The molecule has 24 atom stereocenters. The molecule has 10 aliphatic rings. The first kappa shape index (κ1) is 54.9. The Hall–Kier alpha value is -1.90. The van der Waals surface area contributed by atoms with Gasteiger partial charge >= 0.3 is 5.97 Å². The van der Waals surface area contributed by atoms with E-state index in [4.69, 9.17) is 4.74 Å². The van der Waals surface area contributed by atoms with Crippen LogP contribution in [0.5, 0.6) is 0 Å². The largest absolute Gasteiger partial charge is 0.481 e. The van der Waals surface area contributed by atoms with Crippen LogP contribution in [0.1, 0.15) is 198 Å². The summed E-state index contributed by atoms with van der Waals surface area (Å²) in [6, 6.07) is 0. The van der Waals surface area contributed by atoms with E-state index in [-0.39, 0.29) is 79.7 Å². The predicted octanol–water partition coefficient (Wildman–Crippen LogP) is 11.2. The van der Waals surface area contributed by atoms with Crippen LogP contribution in [0.3, 0.4) is 0 Å². The fraction of sp³-hybridized carbons (Fsp3) is 0.900. The van der Waals surface area contributed by atoms with Crippen molar-refractivity contribution >= 4 is 12.4 Å². The molecule has 12 nitrogen and oxygen atoms in total. The Morgan fingerprint density at radius 3 is 1.65 bits per heavy atom. The van der Waals surface area contributed by atoms with Crippen molar-refractivity contribution in [3.8, 4) is 0 Å². The second-order valence-corrected chi connectivity index (χ2v) is 28.6. The maximum atomic E-state index is 12.5. The molecule has 0 bridgehead atoms. The molecule has 0 aliphatic heterocycles. The van der Waals surface area contributed by atoms with Gasteiger partial charge in [-0.25, -0.2) is 9.78 Å². The highest BCUT2D eigenvalue weighted by Gasteiger charge is 2.87. The Bertz CT molecular complexity index is 2130. The Morgan fingerprint density at radius 2 is 1.12 bits per heavy atom. The number of aliphatic hydroxyl groups is 4. The quantitative estimate of drug-likeness (QED) is 0.0354. The highest BCUT2D eigenvalue weighted by Crippen LogP contribution is 2.90. The second-order valence-electron chi connectivity index (χ2n) is 28.6. The van der Waals surface area contributed by atoms with Crippen molar-refractivity contribution in [2.24, 2.45) is 96.1 Å². The SMILES string of the molecule is C=C(C)C(CC[C@@H](C)[C@H]1CC[C@@]2(C)[C@@H]3CC[C@@H]4[C@](C)(C(=O)O)[C@@H](O)C[C@H](O)[C@@]45C[C@@]35CC[C@]12C)OO.C=C(C)[C@H](CC[C@H](C)[C@@H]1CC[C@]2(C)[C@H]3[C@H](O)C[C@@H]4[C@@](C)(OC=O)[C@H](O)CC[C@]45C[C@]35CC[C@@]12C)OO. The molecule has 0 radical (unpaired) electrons. The molecule has 0 heterocycles. The van der Waals surface area contributed by atoms with Gasteiger partial charge in [0.1, 0.15) is 17.8 Å². The Kier molecular flexibility index (Phi) is 13.8. The fourth-order valence-corrected chi connectivity index (χ4v) is 22.6. The number of hydrogen-bond donors (Lipinski definition) is 7. The minimum atomic E-state index is -1.18. The van der Waals surface area contributed by atoms with Crippen molar-refractivity contribution in [3.05, 3.63) is 24.3 Å². The number of hydrogen-bond acceptors (Lipinski definition) is 11. The van der Waals surface area contributed by atoms with Gasteiger partial charge in [0.05, 0.1) is 29.8 Å². The third-order valence-corrected chi connectivity index (χ3v) is 26.8. The molecular weight excluding hydrogens is 913 g/mol. The fourth-order valence-electron chi connectivity index (χ4n) is 22.6. The van der Waals surface area contributed by atoms with Gasteiger partial charge in [-0.2, -0.15) is 0 Å². The van der Waals surface area contributed by atoms with E-state index < -0.39 is 41.4 Å². The summed E-state index contributed by atoms with van der Waals surface area (Å²) in [4.78, 5) is 33.3. The van der Waals surface area contributed by atoms with Crippen LogP contribution >= 0.6 is 0 Å². The number of carbonyl (C=O) groups is 2. The highest BCUT2D eigenvalue weighted by molar-refractivity contribution is 5.76. The zero-order valence-corrected chi connectivity index (χ0v) is 45.9. The lowest BCUT2D eigenvalue weighted by Crippen LogP contribution is -2.64. The van der Waals surface area contributed by atoms with Gasteiger partial charge < -0.3 is 30.3 Å². The van der Waals surface area contributed by atoms with Gasteiger partial charge in [0.25, 0.3) is 6.47 Å². The van der Waals surface area contributed by atoms with E-state index in [1.54, 1.807) is 6.92 Å². The molecular formula is C60H96O12. The number of ether oxygens (including phenoxy) is 1. The zero-order chi connectivity index (χ0) is 52.8. The summed E-state index contributed by atoms with van der Waals surface area (Å²) in [6.45, 7) is 30.5. The molecule has 0 aromatic heterocycles. The molecule has 0 aromatic rings. The van der Waals surface area contributed by atoms with Crippen molar-refractivity contribution in [3.63, 3.8) is 0 Å². The lowest BCUT2D eigenvalue weighted by atomic mass is 9.41. The van der Waals surface area contributed by atoms with E-state index >= 15 is 0 Å². The third kappa shape index (κ3) is 7.01. The summed E-state index contributed by atoms with van der Waals surface area (Å²) in [5.74, 6) is 1.84. The van der Waals surface area contributed by atoms with Gasteiger partial charge in [-0.15, -0.1) is 0 Å². The number of carboxylic acid groups (broad SMARTS) is 1. The standard InChI is InChI=1S/2C30H48O6/c1-18(2)22(36-34)8-7-19(3)20-9-11-27(5)25-21(32)15-23-28(6,35-17-31)24(33)10-12-29(23)16-30(25,29)14-13-26(20,27)4;1-17(2)20(36-35)8-7-18(3)19-11-12-27(5)21-9-10-22-28(6,25(33)34)23(31)15-24(32)30(22)16-29(21,30)14-13-26(19,27)4/h17,19-25,32-34H,1,7-16H2,2-6H3;18-24,31-32,35H,1,7-16H2,2-6H3,(H,33,34)/t19-,20-,21+,22-,23+,24+,25+,26-,27+,28+,29-,30+;18-,19-,20?,21+,22-,23+,24+,26-,27+,28+,29+,30-/m01/s1. The van der Waals surface area contributed by atoms with E-state index in [1.807, 2.05) is 20.8 Å². The van der Waals surface area contributed by atoms with Crippen LogP contribution in [0.2, 0.25) is 0 Å². The van der Waals surface area contributed by atoms with E-state index in [0.717, 1.165) is 101 Å². The minimum absolute atomic E-state index is 0.00633. The summed E-state index contributed by atoms with van der Waals surface area (Å²) < 4.78 is 5.65. The molecule has 408 valence electrons. The van der Waals surface area contributed by atoms with Gasteiger partial charge in [-0.3, -0.25) is 20.1 Å². The van der Waals surface area contributed by atoms with Gasteiger partial charge in [0.2, 0.25) is 0 Å².